The van der Waals surface area contributed by atoms with Crippen LogP contribution in [-0.4, -0.2) is 0 Å². The molecule has 0 aliphatic rings. The van der Waals surface area contributed by atoms with Gasteiger partial charge in [-0.3, -0.25) is 0 Å². The van der Waals surface area contributed by atoms with E-state index in [0.717, 1.165) is 0 Å². The number of halogens is 3. The van der Waals surface area contributed by atoms with Crippen molar-refractivity contribution in [1.82, 2.24) is 0 Å². The molecule has 0 atom stereocenters. The summed E-state index contributed by atoms with van der Waals surface area (Å²) in [6.07, 6.45) is 0. The molecule has 0 rings (SSSR count). The maximum absolute atomic E-state index is 0. The van der Waals surface area contributed by atoms with Crippen molar-refractivity contribution in [2.45, 2.75) is 0 Å². The molecule has 0 aromatic heterocycles. The van der Waals surface area contributed by atoms with Gasteiger partial charge in [-0.05, 0) is 0 Å². The average Bonchev–Trinajstić information content (AvgIpc) is 0. The third-order valence-corrected chi connectivity index (χ3v) is 0. The Labute approximate surface area is 84.7 Å². The molecular formula is AmI3-3. The Kier molecular flexibility index (Phi) is 135. The van der Waals surface area contributed by atoms with Crippen LogP contribution in [0.2, 0.25) is 0 Å². The standard InChI is InChI=1S/Am.3HI/h;3*1H/p-3. The van der Waals surface area contributed by atoms with Crippen LogP contribution in [0.15, 0.2) is 0 Å². The summed E-state index contributed by atoms with van der Waals surface area (Å²) in [6.45, 7) is 0. The molecule has 0 aliphatic heterocycles. The summed E-state index contributed by atoms with van der Waals surface area (Å²) < 4.78 is 0. The van der Waals surface area contributed by atoms with Crippen molar-refractivity contribution in [2.24, 2.45) is 0 Å². The molecule has 0 saturated carbocycles. The van der Waals surface area contributed by atoms with Crippen LogP contribution >= 0.6 is 0 Å². The van der Waals surface area contributed by atoms with Crippen molar-refractivity contribution < 1.29 is 86.2 Å². The molecular weight excluding hydrogens is 624 g/mol. The summed E-state index contributed by atoms with van der Waals surface area (Å²) in [5.74, 6) is 0. The van der Waals surface area contributed by atoms with Gasteiger partial charge in [-0.2, -0.15) is 0 Å². The molecule has 0 bridgehead atoms. The van der Waals surface area contributed by atoms with Crippen molar-refractivity contribution in [3.63, 3.8) is 0 Å². The Balaban J connectivity index is 0. The van der Waals surface area contributed by atoms with Gasteiger partial charge in [0, 0.05) is 14.3 Å². The van der Waals surface area contributed by atoms with Crippen LogP contribution in [-0.2, 0) is 0 Å². The Morgan fingerprint density at radius 3 is 0.500 bits per heavy atom. The first-order chi connectivity index (χ1) is 0. The van der Waals surface area contributed by atoms with Crippen LogP contribution in [0.25, 0.3) is 0 Å². The van der Waals surface area contributed by atoms with E-state index < -0.39 is 0 Å². The zero-order valence-electron chi connectivity index (χ0n) is 1.51. The molecule has 0 N–H and O–H groups in total. The van der Waals surface area contributed by atoms with Crippen LogP contribution in [0.1, 0.15) is 0 Å². The smallest absolute Gasteiger partial charge is 0 e. The largest absolute Gasteiger partial charge is 1.00 e. The summed E-state index contributed by atoms with van der Waals surface area (Å²) in [4.78, 5) is 0. The number of hydrogen-bond donors (Lipinski definition) is 0. The first-order valence-corrected chi connectivity index (χ1v) is 0. The van der Waals surface area contributed by atoms with Crippen LogP contribution in [0.3, 0.4) is 0 Å². The van der Waals surface area contributed by atoms with Crippen LogP contribution in [0.5, 0.6) is 0 Å². The van der Waals surface area contributed by atoms with E-state index in [1.165, 1.54) is 0 Å². The van der Waals surface area contributed by atoms with E-state index in [4.69, 9.17) is 0 Å². The van der Waals surface area contributed by atoms with Gasteiger partial charge in [0.15, 0.2) is 0 Å². The van der Waals surface area contributed by atoms with E-state index in [1.807, 2.05) is 0 Å². The molecule has 0 aromatic carbocycles. The zero-order valence-corrected chi connectivity index (χ0v) is 11.1. The summed E-state index contributed by atoms with van der Waals surface area (Å²) in [7, 11) is 0. The molecule has 0 amide bonds. The average molecular weight is 624 g/mol. The molecule has 31 valence electrons. The second-order valence-electron chi connectivity index (χ2n) is 0. The maximum atomic E-state index is 0. The molecule has 0 heterocycles. The second-order valence-corrected chi connectivity index (χ2v) is 0. The summed E-state index contributed by atoms with van der Waals surface area (Å²) in [5.41, 5.74) is 0. The Hall–Kier alpha value is 2.58. The molecule has 0 nitrogen and oxygen atoms in total. The third kappa shape index (κ3) is 8.82. The SMILES string of the molecule is [Am].[I-].[I-].[I-]. The van der Waals surface area contributed by atoms with Crippen molar-refractivity contribution in [3.8, 4) is 0 Å². The third-order valence-electron chi connectivity index (χ3n) is 0. The number of hydrogen-bond acceptors (Lipinski definition) is 0. The zero-order chi connectivity index (χ0) is 0. The van der Waals surface area contributed by atoms with E-state index in [0.29, 0.717) is 0 Å². The normalized spacial score (nSPS) is 0. The van der Waals surface area contributed by atoms with Crippen molar-refractivity contribution in [3.05, 3.63) is 0 Å². The minimum absolute atomic E-state index is 0. The molecule has 4 heteroatoms. The van der Waals surface area contributed by atoms with E-state index in [-0.39, 0.29) is 86.2 Å². The predicted octanol–water partition coefficient (Wildman–Crippen LogP) is -8.99. The van der Waals surface area contributed by atoms with Gasteiger partial charge >= 0.3 is 0 Å². The van der Waals surface area contributed by atoms with Crippen molar-refractivity contribution in [2.75, 3.05) is 0 Å². The van der Waals surface area contributed by atoms with Gasteiger partial charge in [0.25, 0.3) is 0 Å². The maximum Gasteiger partial charge on any atom is 0 e. The van der Waals surface area contributed by atoms with Crippen LogP contribution in [0.4, 0.5) is 0 Å². The summed E-state index contributed by atoms with van der Waals surface area (Å²) in [6, 6.07) is 0. The fourth-order valence-electron chi connectivity index (χ4n) is 0. The Bertz CT molecular complexity index is 3.25. The van der Waals surface area contributed by atoms with Crippen LogP contribution in [0, 0.1) is 14.3 Å². The van der Waals surface area contributed by atoms with E-state index in [9.17, 15) is 0 Å². The first-order valence-electron chi connectivity index (χ1n) is 0. The molecule has 0 unspecified atom stereocenters. The Morgan fingerprint density at radius 2 is 0.500 bits per heavy atom. The Morgan fingerprint density at radius 1 is 0.500 bits per heavy atom. The monoisotopic (exact) mass is 622 g/mol. The molecule has 0 fully saturated rings. The minimum Gasteiger partial charge on any atom is -1.00 e. The minimum atomic E-state index is 0. The van der Waals surface area contributed by atoms with Gasteiger partial charge in [0.1, 0.15) is 0 Å². The molecule has 0 aliphatic carbocycles. The molecule has 0 aromatic rings. The topological polar surface area (TPSA) is 0 Å². The molecule has 4 heavy (non-hydrogen) atoms. The molecule has 1 radical (unpaired) electrons. The van der Waals surface area contributed by atoms with Gasteiger partial charge in [0.2, 0.25) is 0 Å². The van der Waals surface area contributed by atoms with Gasteiger partial charge in [-0.1, -0.05) is 0 Å². The van der Waals surface area contributed by atoms with Crippen molar-refractivity contribution in [1.29, 1.82) is 0 Å². The fourth-order valence-corrected chi connectivity index (χ4v) is 0. The summed E-state index contributed by atoms with van der Waals surface area (Å²) in [5, 5.41) is 0. The van der Waals surface area contributed by atoms with Gasteiger partial charge < -0.3 is 71.9 Å². The number of rotatable bonds is 0. The summed E-state index contributed by atoms with van der Waals surface area (Å²) >= 11 is 0. The molecule has 0 saturated heterocycles. The van der Waals surface area contributed by atoms with Crippen molar-refractivity contribution >= 4 is 0 Å². The van der Waals surface area contributed by atoms with Gasteiger partial charge in [-0.25, -0.2) is 0 Å². The molecule has 0 spiro atoms. The van der Waals surface area contributed by atoms with E-state index >= 15 is 0 Å². The van der Waals surface area contributed by atoms with Crippen LogP contribution < -0.4 is 71.9 Å². The van der Waals surface area contributed by atoms with E-state index in [2.05, 4.69) is 0 Å². The van der Waals surface area contributed by atoms with Gasteiger partial charge in [0.05, 0.1) is 0 Å². The first kappa shape index (κ1) is 30.8. The fraction of sp³-hybridized carbons (Fsp3) is 0. The second kappa shape index (κ2) is 17.6. The quantitative estimate of drug-likeness (QED) is 0.236. The van der Waals surface area contributed by atoms with E-state index in [1.54, 1.807) is 0 Å². The predicted molar refractivity (Wildman–Crippen MR) is 0 cm³/mol. The van der Waals surface area contributed by atoms with Gasteiger partial charge in [-0.15, -0.1) is 0 Å².